The van der Waals surface area contributed by atoms with Crippen LogP contribution < -0.4 is 15.5 Å². The molecule has 0 aromatic heterocycles. The monoisotopic (exact) mass is 230 g/mol. The third-order valence-electron chi connectivity index (χ3n) is 2.71. The summed E-state index contributed by atoms with van der Waals surface area (Å²) in [5, 5.41) is 14.7. The first-order valence-corrected chi connectivity index (χ1v) is 5.47. The second-order valence-corrected chi connectivity index (χ2v) is 3.98. The summed E-state index contributed by atoms with van der Waals surface area (Å²) in [7, 11) is 1.85. The summed E-state index contributed by atoms with van der Waals surface area (Å²) >= 11 is 0. The van der Waals surface area contributed by atoms with E-state index in [1.807, 2.05) is 13.1 Å². The van der Waals surface area contributed by atoms with E-state index in [4.69, 9.17) is 5.26 Å². The lowest BCUT2D eigenvalue weighted by Gasteiger charge is -2.14. The number of hydrogen-bond acceptors (Lipinski definition) is 3. The fraction of sp³-hybridized carbons (Fsp3) is 0.333. The predicted molar refractivity (Wildman–Crippen MR) is 64.7 cm³/mol. The number of benzene rings is 1. The Balaban J connectivity index is 2.17. The average Bonchev–Trinajstić information content (AvgIpc) is 2.71. The summed E-state index contributed by atoms with van der Waals surface area (Å²) in [5.41, 5.74) is 1.33. The lowest BCUT2D eigenvalue weighted by atomic mass is 10.2. The minimum absolute atomic E-state index is 0.109. The topological polar surface area (TPSA) is 68.2 Å². The van der Waals surface area contributed by atoms with Gasteiger partial charge in [-0.1, -0.05) is 6.07 Å². The van der Waals surface area contributed by atoms with Crippen LogP contribution in [0.4, 0.5) is 10.5 Å². The third kappa shape index (κ3) is 2.37. The SMILES string of the molecule is CNCC1CN(c2cccc(C#N)c2)C(=O)N1. The number of urea groups is 1. The Morgan fingerprint density at radius 2 is 2.47 bits per heavy atom. The molecule has 5 nitrogen and oxygen atoms in total. The lowest BCUT2D eigenvalue weighted by molar-refractivity contribution is 0.251. The van der Waals surface area contributed by atoms with E-state index in [1.54, 1.807) is 23.1 Å². The second kappa shape index (κ2) is 4.85. The van der Waals surface area contributed by atoms with Gasteiger partial charge in [0.15, 0.2) is 0 Å². The van der Waals surface area contributed by atoms with Crippen LogP contribution in [0.5, 0.6) is 0 Å². The molecule has 0 radical (unpaired) electrons. The highest BCUT2D eigenvalue weighted by atomic mass is 16.2. The van der Waals surface area contributed by atoms with Crippen LogP contribution in [0.15, 0.2) is 24.3 Å². The van der Waals surface area contributed by atoms with Crippen LogP contribution in [-0.2, 0) is 0 Å². The Kier molecular flexibility index (Phi) is 3.26. The van der Waals surface area contributed by atoms with Gasteiger partial charge in [-0.05, 0) is 25.2 Å². The zero-order valence-electron chi connectivity index (χ0n) is 9.60. The van der Waals surface area contributed by atoms with Crippen molar-refractivity contribution in [1.82, 2.24) is 10.6 Å². The largest absolute Gasteiger partial charge is 0.332 e. The van der Waals surface area contributed by atoms with E-state index in [0.29, 0.717) is 12.1 Å². The van der Waals surface area contributed by atoms with Crippen molar-refractivity contribution in [2.24, 2.45) is 0 Å². The van der Waals surface area contributed by atoms with Gasteiger partial charge in [-0.3, -0.25) is 4.90 Å². The third-order valence-corrected chi connectivity index (χ3v) is 2.71. The molecule has 1 aromatic rings. The van der Waals surface area contributed by atoms with Crippen molar-refractivity contribution in [2.45, 2.75) is 6.04 Å². The molecule has 5 heteroatoms. The van der Waals surface area contributed by atoms with Crippen LogP contribution in [0.25, 0.3) is 0 Å². The second-order valence-electron chi connectivity index (χ2n) is 3.98. The van der Waals surface area contributed by atoms with Gasteiger partial charge in [-0.15, -0.1) is 0 Å². The molecule has 1 unspecified atom stereocenters. The predicted octanol–water partition coefficient (Wildman–Crippen LogP) is 0.676. The van der Waals surface area contributed by atoms with E-state index < -0.39 is 0 Å². The number of rotatable bonds is 3. The average molecular weight is 230 g/mol. The van der Waals surface area contributed by atoms with Gasteiger partial charge in [0, 0.05) is 18.8 Å². The molecule has 0 saturated carbocycles. The zero-order valence-corrected chi connectivity index (χ0v) is 9.60. The maximum absolute atomic E-state index is 11.8. The molecule has 1 fully saturated rings. The molecule has 88 valence electrons. The number of hydrogen-bond donors (Lipinski definition) is 2. The van der Waals surface area contributed by atoms with Gasteiger partial charge in [0.1, 0.15) is 0 Å². The lowest BCUT2D eigenvalue weighted by Crippen LogP contribution is -2.35. The fourth-order valence-corrected chi connectivity index (χ4v) is 1.93. The van der Waals surface area contributed by atoms with Crippen LogP contribution in [-0.4, -0.2) is 32.2 Å². The van der Waals surface area contributed by atoms with E-state index in [1.165, 1.54) is 0 Å². The highest BCUT2D eigenvalue weighted by Gasteiger charge is 2.29. The van der Waals surface area contributed by atoms with Crippen molar-refractivity contribution in [3.63, 3.8) is 0 Å². The van der Waals surface area contributed by atoms with E-state index in [2.05, 4.69) is 16.7 Å². The molecule has 17 heavy (non-hydrogen) atoms. The Hall–Kier alpha value is -2.06. The van der Waals surface area contributed by atoms with Gasteiger partial charge in [-0.25, -0.2) is 4.79 Å². The van der Waals surface area contributed by atoms with Crippen molar-refractivity contribution in [1.29, 1.82) is 5.26 Å². The summed E-state index contributed by atoms with van der Waals surface area (Å²) in [5.74, 6) is 0. The number of likely N-dealkylation sites (N-methyl/N-ethyl adjacent to an activating group) is 1. The van der Waals surface area contributed by atoms with E-state index >= 15 is 0 Å². The quantitative estimate of drug-likeness (QED) is 0.802. The summed E-state index contributed by atoms with van der Waals surface area (Å²) in [6.45, 7) is 1.36. The van der Waals surface area contributed by atoms with Gasteiger partial charge in [-0.2, -0.15) is 5.26 Å². The first kappa shape index (κ1) is 11.4. The number of nitrogens with zero attached hydrogens (tertiary/aromatic N) is 2. The van der Waals surface area contributed by atoms with Crippen molar-refractivity contribution < 1.29 is 4.79 Å². The maximum Gasteiger partial charge on any atom is 0.322 e. The van der Waals surface area contributed by atoms with Gasteiger partial charge >= 0.3 is 6.03 Å². The highest BCUT2D eigenvalue weighted by molar-refractivity contribution is 5.94. The van der Waals surface area contributed by atoms with Crippen LogP contribution >= 0.6 is 0 Å². The number of carbonyl (C=O) groups is 1. The molecular weight excluding hydrogens is 216 g/mol. The van der Waals surface area contributed by atoms with E-state index in [-0.39, 0.29) is 12.1 Å². The van der Waals surface area contributed by atoms with Crippen molar-refractivity contribution in [3.8, 4) is 6.07 Å². The first-order valence-electron chi connectivity index (χ1n) is 5.47. The molecule has 0 aliphatic carbocycles. The molecule has 2 amide bonds. The summed E-state index contributed by atoms with van der Waals surface area (Å²) < 4.78 is 0. The Morgan fingerprint density at radius 1 is 1.65 bits per heavy atom. The van der Waals surface area contributed by atoms with Crippen LogP contribution in [0, 0.1) is 11.3 Å². The number of carbonyl (C=O) groups excluding carboxylic acids is 1. The minimum Gasteiger partial charge on any atom is -0.332 e. The van der Waals surface area contributed by atoms with Crippen molar-refractivity contribution in [3.05, 3.63) is 29.8 Å². The number of nitrogens with one attached hydrogen (secondary N) is 2. The minimum atomic E-state index is -0.111. The molecule has 1 aliphatic heterocycles. The highest BCUT2D eigenvalue weighted by Crippen LogP contribution is 2.19. The summed E-state index contributed by atoms with van der Waals surface area (Å²) in [6, 6.07) is 9.14. The normalized spacial score (nSPS) is 18.9. The van der Waals surface area contributed by atoms with Gasteiger partial charge < -0.3 is 10.6 Å². The molecule has 2 N–H and O–H groups in total. The maximum atomic E-state index is 11.8. The van der Waals surface area contributed by atoms with Crippen molar-refractivity contribution >= 4 is 11.7 Å². The molecule has 0 bridgehead atoms. The van der Waals surface area contributed by atoms with Gasteiger partial charge in [0.2, 0.25) is 0 Å². The summed E-state index contributed by atoms with van der Waals surface area (Å²) in [6.07, 6.45) is 0. The van der Waals surface area contributed by atoms with Gasteiger partial charge in [0.05, 0.1) is 17.7 Å². The molecule has 1 aromatic carbocycles. The van der Waals surface area contributed by atoms with Gasteiger partial charge in [0.25, 0.3) is 0 Å². The number of nitriles is 1. The van der Waals surface area contributed by atoms with E-state index in [0.717, 1.165) is 12.2 Å². The molecule has 1 saturated heterocycles. The van der Waals surface area contributed by atoms with E-state index in [9.17, 15) is 4.79 Å². The zero-order chi connectivity index (χ0) is 12.3. The van der Waals surface area contributed by atoms with Crippen LogP contribution in [0.2, 0.25) is 0 Å². The smallest absolute Gasteiger partial charge is 0.322 e. The Labute approximate surface area is 100 Å². The molecule has 1 atom stereocenters. The molecule has 0 spiro atoms. The first-order chi connectivity index (χ1) is 8.24. The van der Waals surface area contributed by atoms with Crippen LogP contribution in [0.3, 0.4) is 0 Å². The Bertz CT molecular complexity index is 466. The van der Waals surface area contributed by atoms with Crippen LogP contribution in [0.1, 0.15) is 5.56 Å². The molecular formula is C12H14N4O. The van der Waals surface area contributed by atoms with Crippen molar-refractivity contribution in [2.75, 3.05) is 25.0 Å². The fourth-order valence-electron chi connectivity index (χ4n) is 1.93. The Morgan fingerprint density at radius 3 is 3.18 bits per heavy atom. The number of amides is 2. The summed E-state index contributed by atoms with van der Waals surface area (Å²) in [4.78, 5) is 13.4. The number of anilines is 1. The molecule has 2 rings (SSSR count). The molecule has 1 heterocycles. The molecule has 1 aliphatic rings. The standard InChI is InChI=1S/C12H14N4O/c1-14-7-10-8-16(12(17)15-10)11-4-2-3-9(5-11)6-13/h2-5,10,14H,7-8H2,1H3,(H,15,17).